The lowest BCUT2D eigenvalue weighted by molar-refractivity contribution is -0.384. The van der Waals surface area contributed by atoms with E-state index in [1.165, 1.54) is 6.07 Å². The zero-order valence-electron chi connectivity index (χ0n) is 17.4. The maximum Gasteiger partial charge on any atom is 0.292 e. The molecule has 0 aliphatic carbocycles. The van der Waals surface area contributed by atoms with Crippen LogP contribution in [0.2, 0.25) is 0 Å². The highest BCUT2D eigenvalue weighted by atomic mass is 16.6. The Morgan fingerprint density at radius 3 is 2.22 bits per heavy atom. The van der Waals surface area contributed by atoms with Gasteiger partial charge in [0.15, 0.2) is 0 Å². The van der Waals surface area contributed by atoms with Gasteiger partial charge < -0.3 is 16.0 Å². The summed E-state index contributed by atoms with van der Waals surface area (Å²) >= 11 is 0. The zero-order chi connectivity index (χ0) is 22.8. The van der Waals surface area contributed by atoms with Gasteiger partial charge in [-0.1, -0.05) is 54.6 Å². The Morgan fingerprint density at radius 1 is 0.812 bits per heavy atom. The summed E-state index contributed by atoms with van der Waals surface area (Å²) in [6.07, 6.45) is 0.786. The van der Waals surface area contributed by atoms with E-state index in [2.05, 4.69) is 16.0 Å². The van der Waals surface area contributed by atoms with Crippen molar-refractivity contribution in [1.82, 2.24) is 5.32 Å². The SMILES string of the molecule is O=C(CCNc1ccccc1[N+](=O)[O-])Nc1ccccc1C(=O)NCCc1ccccc1. The third-order valence-corrected chi connectivity index (χ3v) is 4.76. The van der Waals surface area contributed by atoms with Crippen LogP contribution in [0.4, 0.5) is 17.1 Å². The van der Waals surface area contributed by atoms with Gasteiger partial charge in [0, 0.05) is 25.6 Å². The van der Waals surface area contributed by atoms with Crippen LogP contribution in [-0.2, 0) is 11.2 Å². The number of hydrogen-bond donors (Lipinski definition) is 3. The molecule has 3 rings (SSSR count). The molecular weight excluding hydrogens is 408 g/mol. The second-order valence-electron chi connectivity index (χ2n) is 7.04. The predicted octanol–water partition coefficient (Wildman–Crippen LogP) is 4.01. The Bertz CT molecular complexity index is 1090. The number of nitro groups is 1. The molecule has 0 atom stereocenters. The molecule has 0 heterocycles. The summed E-state index contributed by atoms with van der Waals surface area (Å²) in [5, 5.41) is 19.6. The fourth-order valence-corrected chi connectivity index (χ4v) is 3.16. The number of rotatable bonds is 10. The quantitative estimate of drug-likeness (QED) is 0.331. The Labute approximate surface area is 185 Å². The number of benzene rings is 3. The minimum atomic E-state index is -0.477. The number of amides is 2. The molecule has 0 radical (unpaired) electrons. The number of nitrogens with zero attached hydrogens (tertiary/aromatic N) is 1. The normalized spacial score (nSPS) is 10.2. The van der Waals surface area contributed by atoms with Crippen LogP contribution in [0.5, 0.6) is 0 Å². The van der Waals surface area contributed by atoms with Crippen LogP contribution in [0.15, 0.2) is 78.9 Å². The van der Waals surface area contributed by atoms with Gasteiger partial charge in [-0.25, -0.2) is 0 Å². The van der Waals surface area contributed by atoms with E-state index < -0.39 is 4.92 Å². The molecule has 0 aliphatic rings. The van der Waals surface area contributed by atoms with Crippen molar-refractivity contribution >= 4 is 28.9 Å². The number of hydrogen-bond acceptors (Lipinski definition) is 5. The smallest absolute Gasteiger partial charge is 0.292 e. The van der Waals surface area contributed by atoms with Gasteiger partial charge in [0.2, 0.25) is 5.91 Å². The fourth-order valence-electron chi connectivity index (χ4n) is 3.16. The van der Waals surface area contributed by atoms with Gasteiger partial charge in [-0.3, -0.25) is 19.7 Å². The maximum atomic E-state index is 12.6. The van der Waals surface area contributed by atoms with E-state index >= 15 is 0 Å². The highest BCUT2D eigenvalue weighted by molar-refractivity contribution is 6.03. The predicted molar refractivity (Wildman–Crippen MR) is 124 cm³/mol. The third kappa shape index (κ3) is 6.40. The largest absolute Gasteiger partial charge is 0.379 e. The Morgan fingerprint density at radius 2 is 1.47 bits per heavy atom. The molecule has 0 spiro atoms. The van der Waals surface area contributed by atoms with Gasteiger partial charge in [0.1, 0.15) is 5.69 Å². The lowest BCUT2D eigenvalue weighted by Crippen LogP contribution is -2.27. The topological polar surface area (TPSA) is 113 Å². The van der Waals surface area contributed by atoms with Crippen LogP contribution in [0.25, 0.3) is 0 Å². The van der Waals surface area contributed by atoms with Crippen LogP contribution in [0, 0.1) is 10.1 Å². The molecule has 0 bridgehead atoms. The van der Waals surface area contributed by atoms with Crippen molar-refractivity contribution in [3.05, 3.63) is 100 Å². The molecular formula is C24H24N4O4. The summed E-state index contributed by atoms with van der Waals surface area (Å²) in [7, 11) is 0. The Kier molecular flexibility index (Phi) is 7.91. The van der Waals surface area contributed by atoms with Gasteiger partial charge in [0.05, 0.1) is 16.2 Å². The number of nitrogens with one attached hydrogen (secondary N) is 3. The van der Waals surface area contributed by atoms with Gasteiger partial charge in [-0.15, -0.1) is 0 Å². The second-order valence-corrected chi connectivity index (χ2v) is 7.04. The van der Waals surface area contributed by atoms with E-state index in [0.717, 1.165) is 5.56 Å². The van der Waals surface area contributed by atoms with Gasteiger partial charge >= 0.3 is 0 Å². The minimum Gasteiger partial charge on any atom is -0.379 e. The van der Waals surface area contributed by atoms with Crippen molar-refractivity contribution < 1.29 is 14.5 Å². The molecule has 0 fully saturated rings. The monoisotopic (exact) mass is 432 g/mol. The van der Waals surface area contributed by atoms with Gasteiger partial charge in [-0.05, 0) is 30.2 Å². The Balaban J connectivity index is 1.52. The van der Waals surface area contributed by atoms with E-state index in [0.29, 0.717) is 29.9 Å². The first kappa shape index (κ1) is 22.5. The number of carbonyl (C=O) groups is 2. The van der Waals surface area contributed by atoms with Crippen molar-refractivity contribution in [3.8, 4) is 0 Å². The zero-order valence-corrected chi connectivity index (χ0v) is 17.4. The van der Waals surface area contributed by atoms with Crippen molar-refractivity contribution in [3.63, 3.8) is 0 Å². The van der Waals surface area contributed by atoms with E-state index in [4.69, 9.17) is 0 Å². The summed E-state index contributed by atoms with van der Waals surface area (Å²) < 4.78 is 0. The molecule has 0 saturated heterocycles. The van der Waals surface area contributed by atoms with Crippen LogP contribution < -0.4 is 16.0 Å². The fraction of sp³-hybridized carbons (Fsp3) is 0.167. The first-order chi connectivity index (χ1) is 15.5. The first-order valence-corrected chi connectivity index (χ1v) is 10.2. The molecule has 164 valence electrons. The molecule has 0 unspecified atom stereocenters. The summed E-state index contributed by atoms with van der Waals surface area (Å²) in [4.78, 5) is 35.6. The molecule has 0 aliphatic heterocycles. The van der Waals surface area contributed by atoms with Gasteiger partial charge in [-0.2, -0.15) is 0 Å². The number of carbonyl (C=O) groups excluding carboxylic acids is 2. The molecule has 3 N–H and O–H groups in total. The van der Waals surface area contributed by atoms with Crippen molar-refractivity contribution in [2.75, 3.05) is 23.7 Å². The maximum absolute atomic E-state index is 12.6. The molecule has 3 aromatic rings. The van der Waals surface area contributed by atoms with E-state index in [1.54, 1.807) is 42.5 Å². The Hall–Kier alpha value is -4.20. The minimum absolute atomic E-state index is 0.0505. The van der Waals surface area contributed by atoms with Crippen molar-refractivity contribution in [1.29, 1.82) is 0 Å². The summed E-state index contributed by atoms with van der Waals surface area (Å²) in [5.74, 6) is -0.574. The molecule has 8 nitrogen and oxygen atoms in total. The molecule has 32 heavy (non-hydrogen) atoms. The highest BCUT2D eigenvalue weighted by Crippen LogP contribution is 2.23. The molecule has 2 amide bonds. The van der Waals surface area contributed by atoms with Crippen LogP contribution in [0.3, 0.4) is 0 Å². The van der Waals surface area contributed by atoms with Crippen LogP contribution in [-0.4, -0.2) is 29.8 Å². The molecule has 8 heteroatoms. The van der Waals surface area contributed by atoms with Gasteiger partial charge in [0.25, 0.3) is 11.6 Å². The average molecular weight is 432 g/mol. The van der Waals surface area contributed by atoms with E-state index in [-0.39, 0.29) is 30.5 Å². The number of anilines is 2. The van der Waals surface area contributed by atoms with Crippen LogP contribution >= 0.6 is 0 Å². The number of nitro benzene ring substituents is 1. The van der Waals surface area contributed by atoms with Crippen LogP contribution in [0.1, 0.15) is 22.3 Å². The first-order valence-electron chi connectivity index (χ1n) is 10.2. The van der Waals surface area contributed by atoms with E-state index in [1.807, 2.05) is 30.3 Å². The standard InChI is InChI=1S/C24H24N4O4/c29-23(15-17-25-21-12-6-7-13-22(21)28(31)32)27-20-11-5-4-10-19(20)24(30)26-16-14-18-8-2-1-3-9-18/h1-13,25H,14-17H2,(H,26,30)(H,27,29). The molecule has 0 aromatic heterocycles. The third-order valence-electron chi connectivity index (χ3n) is 4.76. The number of para-hydroxylation sites is 3. The summed E-state index contributed by atoms with van der Waals surface area (Å²) in [6, 6.07) is 22.9. The van der Waals surface area contributed by atoms with Crippen molar-refractivity contribution in [2.45, 2.75) is 12.8 Å². The van der Waals surface area contributed by atoms with E-state index in [9.17, 15) is 19.7 Å². The van der Waals surface area contributed by atoms with Crippen molar-refractivity contribution in [2.24, 2.45) is 0 Å². The second kappa shape index (κ2) is 11.3. The lowest BCUT2D eigenvalue weighted by atomic mass is 10.1. The molecule has 0 saturated carbocycles. The highest BCUT2D eigenvalue weighted by Gasteiger charge is 2.14. The molecule has 3 aromatic carbocycles. The summed E-state index contributed by atoms with van der Waals surface area (Å²) in [6.45, 7) is 0.688. The average Bonchev–Trinajstić information content (AvgIpc) is 2.80. The summed E-state index contributed by atoms with van der Waals surface area (Å²) in [5.41, 5.74) is 2.22. The lowest BCUT2D eigenvalue weighted by Gasteiger charge is -2.12.